The molecule has 0 aliphatic rings. The van der Waals surface area contributed by atoms with Crippen LogP contribution in [-0.2, 0) is 30.5 Å². The van der Waals surface area contributed by atoms with Gasteiger partial charge in [0.15, 0.2) is 17.1 Å². The van der Waals surface area contributed by atoms with E-state index in [-0.39, 0.29) is 24.5 Å². The topological polar surface area (TPSA) is 123 Å². The van der Waals surface area contributed by atoms with Crippen molar-refractivity contribution in [1.82, 2.24) is 20.2 Å². The Balaban J connectivity index is 1.79. The first-order chi connectivity index (χ1) is 16.1. The molecule has 1 heterocycles. The molecule has 0 bridgehead atoms. The van der Waals surface area contributed by atoms with Crippen molar-refractivity contribution in [2.45, 2.75) is 32.5 Å². The average molecular weight is 468 g/mol. The molecule has 10 heteroatoms. The van der Waals surface area contributed by atoms with Gasteiger partial charge in [0.1, 0.15) is 5.82 Å². The van der Waals surface area contributed by atoms with Crippen LogP contribution in [0.5, 0.6) is 5.75 Å². The fourth-order valence-corrected chi connectivity index (χ4v) is 3.27. The lowest BCUT2D eigenvalue weighted by Gasteiger charge is -2.26. The summed E-state index contributed by atoms with van der Waals surface area (Å²) in [5.74, 6) is -2.34. The summed E-state index contributed by atoms with van der Waals surface area (Å²) in [4.78, 5) is 41.7. The maximum absolute atomic E-state index is 13.8. The van der Waals surface area contributed by atoms with Crippen molar-refractivity contribution in [3.8, 4) is 5.75 Å². The van der Waals surface area contributed by atoms with Gasteiger partial charge in [-0.3, -0.25) is 14.2 Å². The van der Waals surface area contributed by atoms with Crippen LogP contribution in [0.25, 0.3) is 0 Å². The third kappa shape index (κ3) is 5.58. The number of amides is 2. The summed E-state index contributed by atoms with van der Waals surface area (Å²) in [7, 11) is 1.33. The Bertz CT molecular complexity index is 1260. The van der Waals surface area contributed by atoms with E-state index in [0.29, 0.717) is 0 Å². The second-order valence-corrected chi connectivity index (χ2v) is 8.01. The number of aromatic hydroxyl groups is 1. The zero-order valence-electron chi connectivity index (χ0n) is 19.0. The Morgan fingerprint density at radius 2 is 1.71 bits per heavy atom. The molecule has 9 nitrogen and oxygen atoms in total. The Hall–Kier alpha value is -4.21. The molecule has 0 saturated heterocycles. The quantitative estimate of drug-likeness (QED) is 0.490. The van der Waals surface area contributed by atoms with Crippen LogP contribution in [0, 0.1) is 5.82 Å². The summed E-state index contributed by atoms with van der Waals surface area (Å²) in [5, 5.41) is 15.3. The number of nitrogens with zero attached hydrogens (tertiary/aromatic N) is 2. The standard InChI is InChI=1S/C24H25FN4O5/c1-24(2,34-23(33)27-13-15-9-5-4-6-10-15)22-28-18(19(30)21(32)29(22)3)20(31)26-14-16-11-7-8-12-17(16)25/h4-12,30H,13-14H2,1-3H3,(H,26,31)(H,27,33). The molecule has 2 amide bonds. The third-order valence-electron chi connectivity index (χ3n) is 5.05. The van der Waals surface area contributed by atoms with Gasteiger partial charge in [-0.15, -0.1) is 0 Å². The fourth-order valence-electron chi connectivity index (χ4n) is 3.27. The van der Waals surface area contributed by atoms with Crippen molar-refractivity contribution in [2.75, 3.05) is 0 Å². The number of benzene rings is 2. The predicted octanol–water partition coefficient (Wildman–Crippen LogP) is 2.72. The van der Waals surface area contributed by atoms with Gasteiger partial charge < -0.3 is 20.5 Å². The van der Waals surface area contributed by atoms with Gasteiger partial charge in [-0.1, -0.05) is 48.5 Å². The van der Waals surface area contributed by atoms with Crippen LogP contribution in [0.15, 0.2) is 59.4 Å². The Morgan fingerprint density at radius 3 is 2.38 bits per heavy atom. The third-order valence-corrected chi connectivity index (χ3v) is 5.05. The van der Waals surface area contributed by atoms with Crippen LogP contribution in [0.1, 0.15) is 41.3 Å². The van der Waals surface area contributed by atoms with Gasteiger partial charge in [-0.05, 0) is 25.5 Å². The smallest absolute Gasteiger partial charge is 0.408 e. The Morgan fingerprint density at radius 1 is 1.06 bits per heavy atom. The molecule has 178 valence electrons. The van der Waals surface area contributed by atoms with Crippen LogP contribution in [-0.4, -0.2) is 26.7 Å². The van der Waals surface area contributed by atoms with E-state index < -0.39 is 40.4 Å². The molecule has 3 N–H and O–H groups in total. The SMILES string of the molecule is Cn1c(C(C)(C)OC(=O)NCc2ccccc2)nc(C(=O)NCc2ccccc2F)c(O)c1=O. The first-order valence-corrected chi connectivity index (χ1v) is 10.4. The van der Waals surface area contributed by atoms with Crippen molar-refractivity contribution in [1.29, 1.82) is 0 Å². The second kappa shape index (κ2) is 10.2. The fraction of sp³-hybridized carbons (Fsp3) is 0.250. The van der Waals surface area contributed by atoms with Gasteiger partial charge in [-0.2, -0.15) is 0 Å². The monoisotopic (exact) mass is 468 g/mol. The van der Waals surface area contributed by atoms with Gasteiger partial charge in [0.2, 0.25) is 5.75 Å². The average Bonchev–Trinajstić information content (AvgIpc) is 2.81. The largest absolute Gasteiger partial charge is 0.501 e. The second-order valence-electron chi connectivity index (χ2n) is 8.01. The van der Waals surface area contributed by atoms with Crippen molar-refractivity contribution in [2.24, 2.45) is 7.05 Å². The number of rotatable bonds is 7. The molecule has 0 aliphatic heterocycles. The van der Waals surface area contributed by atoms with Crippen molar-refractivity contribution >= 4 is 12.0 Å². The Labute approximate surface area is 195 Å². The molecule has 0 spiro atoms. The number of hydrogen-bond donors (Lipinski definition) is 3. The van der Waals surface area contributed by atoms with Crippen molar-refractivity contribution < 1.29 is 23.8 Å². The lowest BCUT2D eigenvalue weighted by atomic mass is 10.1. The highest BCUT2D eigenvalue weighted by molar-refractivity contribution is 5.94. The normalized spacial score (nSPS) is 11.1. The lowest BCUT2D eigenvalue weighted by molar-refractivity contribution is 0.0262. The van der Waals surface area contributed by atoms with E-state index in [1.54, 1.807) is 6.07 Å². The molecule has 0 atom stereocenters. The summed E-state index contributed by atoms with van der Waals surface area (Å²) in [5.41, 5.74) is -1.82. The molecule has 3 aromatic rings. The highest BCUT2D eigenvalue weighted by Gasteiger charge is 2.33. The van der Waals surface area contributed by atoms with Crippen molar-refractivity contribution in [3.05, 3.63) is 93.4 Å². The molecule has 0 fully saturated rings. The summed E-state index contributed by atoms with van der Waals surface area (Å²) < 4.78 is 20.3. The summed E-state index contributed by atoms with van der Waals surface area (Å²) >= 11 is 0. The van der Waals surface area contributed by atoms with Gasteiger partial charge in [0, 0.05) is 25.7 Å². The Kier molecular flexibility index (Phi) is 7.30. The number of aromatic nitrogens is 2. The highest BCUT2D eigenvalue weighted by atomic mass is 19.1. The number of halogens is 1. The predicted molar refractivity (Wildman–Crippen MR) is 122 cm³/mol. The number of carbonyl (C=O) groups excluding carboxylic acids is 2. The number of ether oxygens (including phenoxy) is 1. The molecule has 1 aromatic heterocycles. The summed E-state index contributed by atoms with van der Waals surface area (Å²) in [6.07, 6.45) is -0.762. The number of nitrogens with one attached hydrogen (secondary N) is 2. The van der Waals surface area contributed by atoms with Gasteiger partial charge in [0.05, 0.1) is 0 Å². The van der Waals surface area contributed by atoms with E-state index in [1.165, 1.54) is 39.1 Å². The maximum Gasteiger partial charge on any atom is 0.408 e. The molecule has 3 rings (SSSR count). The number of alkyl carbamates (subject to hydrolysis) is 1. The molecular weight excluding hydrogens is 443 g/mol. The maximum atomic E-state index is 13.8. The number of carbonyl (C=O) groups is 2. The van der Waals surface area contributed by atoms with Gasteiger partial charge in [-0.25, -0.2) is 14.2 Å². The lowest BCUT2D eigenvalue weighted by Crippen LogP contribution is -2.39. The van der Waals surface area contributed by atoms with Crippen LogP contribution in [0.3, 0.4) is 0 Å². The van der Waals surface area contributed by atoms with Crippen molar-refractivity contribution in [3.63, 3.8) is 0 Å². The zero-order valence-corrected chi connectivity index (χ0v) is 19.0. The van der Waals surface area contributed by atoms with Crippen LogP contribution in [0.2, 0.25) is 0 Å². The molecule has 0 unspecified atom stereocenters. The number of hydrogen-bond acceptors (Lipinski definition) is 6. The molecule has 0 aliphatic carbocycles. The highest BCUT2D eigenvalue weighted by Crippen LogP contribution is 2.24. The molecule has 2 aromatic carbocycles. The van der Waals surface area contributed by atoms with Gasteiger partial charge >= 0.3 is 6.09 Å². The van der Waals surface area contributed by atoms with Crippen LogP contribution in [0.4, 0.5) is 9.18 Å². The molecule has 34 heavy (non-hydrogen) atoms. The summed E-state index contributed by atoms with van der Waals surface area (Å²) in [6.45, 7) is 3.03. The van der Waals surface area contributed by atoms with E-state index in [1.807, 2.05) is 30.3 Å². The molecule has 0 radical (unpaired) electrons. The zero-order chi connectivity index (χ0) is 24.9. The minimum atomic E-state index is -1.44. The van der Waals surface area contributed by atoms with Gasteiger partial charge in [0.25, 0.3) is 11.5 Å². The van der Waals surface area contributed by atoms with Crippen LogP contribution >= 0.6 is 0 Å². The minimum absolute atomic E-state index is 0.0683. The van der Waals surface area contributed by atoms with Crippen LogP contribution < -0.4 is 16.2 Å². The summed E-state index contributed by atoms with van der Waals surface area (Å²) in [6, 6.07) is 15.1. The van der Waals surface area contributed by atoms with E-state index in [2.05, 4.69) is 15.6 Å². The first kappa shape index (κ1) is 24.4. The molecule has 0 saturated carbocycles. The molecular formula is C24H25FN4O5. The van der Waals surface area contributed by atoms with E-state index in [4.69, 9.17) is 4.74 Å². The van der Waals surface area contributed by atoms with E-state index in [0.717, 1.165) is 10.1 Å². The first-order valence-electron chi connectivity index (χ1n) is 10.4. The van der Waals surface area contributed by atoms with E-state index in [9.17, 15) is 23.9 Å². The minimum Gasteiger partial charge on any atom is -0.501 e. The van der Waals surface area contributed by atoms with E-state index >= 15 is 0 Å².